The summed E-state index contributed by atoms with van der Waals surface area (Å²) in [5.74, 6) is 6.82. The van der Waals surface area contributed by atoms with E-state index in [2.05, 4.69) is 21.8 Å². The number of hydrogen-bond donors (Lipinski definition) is 1. The van der Waals surface area contributed by atoms with Crippen molar-refractivity contribution in [3.05, 3.63) is 17.7 Å². The summed E-state index contributed by atoms with van der Waals surface area (Å²) in [5.41, 5.74) is 0.902. The van der Waals surface area contributed by atoms with Gasteiger partial charge >= 0.3 is 0 Å². The average molecular weight is 134 g/mol. The van der Waals surface area contributed by atoms with Crippen LogP contribution in [0.5, 0.6) is 0 Å². The van der Waals surface area contributed by atoms with E-state index in [1.807, 2.05) is 13.8 Å². The van der Waals surface area contributed by atoms with Crippen molar-refractivity contribution in [2.75, 3.05) is 0 Å². The Bertz CT molecular complexity index is 262. The number of aryl methyl sites for hydroxylation is 1. The van der Waals surface area contributed by atoms with Crippen molar-refractivity contribution in [2.24, 2.45) is 0 Å². The summed E-state index contributed by atoms with van der Waals surface area (Å²) >= 11 is 0. The first-order valence-electron chi connectivity index (χ1n) is 3.33. The van der Waals surface area contributed by atoms with Crippen molar-refractivity contribution in [3.63, 3.8) is 0 Å². The van der Waals surface area contributed by atoms with Crippen molar-refractivity contribution in [2.45, 2.75) is 20.3 Å². The fourth-order valence-electron chi connectivity index (χ4n) is 0.668. The standard InChI is InChI=1S/C8H10N2/c1-3-4-5-8-6-9-7(2)10-8/h6H,3H2,1-2H3,(H,9,10). The van der Waals surface area contributed by atoms with Gasteiger partial charge < -0.3 is 4.98 Å². The Morgan fingerprint density at radius 3 is 3.00 bits per heavy atom. The minimum Gasteiger partial charge on any atom is -0.336 e. The second kappa shape index (κ2) is 3.07. The summed E-state index contributed by atoms with van der Waals surface area (Å²) < 4.78 is 0. The second-order valence-corrected chi connectivity index (χ2v) is 2.04. The molecule has 0 saturated heterocycles. The predicted molar refractivity (Wildman–Crippen MR) is 40.5 cm³/mol. The molecule has 0 saturated carbocycles. The average Bonchev–Trinajstić information content (AvgIpc) is 2.31. The molecule has 10 heavy (non-hydrogen) atoms. The molecular weight excluding hydrogens is 124 g/mol. The van der Waals surface area contributed by atoms with E-state index in [1.54, 1.807) is 6.20 Å². The third kappa shape index (κ3) is 1.63. The monoisotopic (exact) mass is 134 g/mol. The molecule has 0 spiro atoms. The van der Waals surface area contributed by atoms with Gasteiger partial charge in [-0.1, -0.05) is 12.8 Å². The lowest BCUT2D eigenvalue weighted by Crippen LogP contribution is -1.73. The first-order chi connectivity index (χ1) is 4.83. The Kier molecular flexibility index (Phi) is 2.11. The molecule has 0 radical (unpaired) electrons. The van der Waals surface area contributed by atoms with Crippen LogP contribution in [-0.4, -0.2) is 9.97 Å². The first-order valence-corrected chi connectivity index (χ1v) is 3.33. The summed E-state index contributed by atoms with van der Waals surface area (Å²) in [5, 5.41) is 0. The normalized spacial score (nSPS) is 8.60. The lowest BCUT2D eigenvalue weighted by molar-refractivity contribution is 1.14. The number of hydrogen-bond acceptors (Lipinski definition) is 1. The van der Waals surface area contributed by atoms with Crippen LogP contribution in [0.25, 0.3) is 0 Å². The van der Waals surface area contributed by atoms with Gasteiger partial charge in [0.15, 0.2) is 0 Å². The third-order valence-electron chi connectivity index (χ3n) is 1.10. The molecule has 0 aliphatic rings. The lowest BCUT2D eigenvalue weighted by Gasteiger charge is -1.76. The van der Waals surface area contributed by atoms with E-state index in [-0.39, 0.29) is 0 Å². The van der Waals surface area contributed by atoms with Crippen molar-refractivity contribution in [1.82, 2.24) is 9.97 Å². The minimum atomic E-state index is 0.887. The number of rotatable bonds is 0. The van der Waals surface area contributed by atoms with Gasteiger partial charge in [0.25, 0.3) is 0 Å². The molecular formula is C8H10N2. The van der Waals surface area contributed by atoms with Gasteiger partial charge in [-0.15, -0.1) is 0 Å². The van der Waals surface area contributed by atoms with Crippen LogP contribution in [0.15, 0.2) is 6.20 Å². The molecule has 0 aromatic carbocycles. The van der Waals surface area contributed by atoms with Gasteiger partial charge in [-0.2, -0.15) is 0 Å². The largest absolute Gasteiger partial charge is 0.336 e. The van der Waals surface area contributed by atoms with Gasteiger partial charge in [0.05, 0.1) is 6.20 Å². The highest BCUT2D eigenvalue weighted by atomic mass is 14.9. The van der Waals surface area contributed by atoms with Crippen LogP contribution < -0.4 is 0 Å². The van der Waals surface area contributed by atoms with Gasteiger partial charge in [0, 0.05) is 6.42 Å². The van der Waals surface area contributed by atoms with Crippen molar-refractivity contribution in [3.8, 4) is 11.8 Å². The van der Waals surface area contributed by atoms with E-state index in [4.69, 9.17) is 0 Å². The molecule has 1 N–H and O–H groups in total. The predicted octanol–water partition coefficient (Wildman–Crippen LogP) is 1.48. The van der Waals surface area contributed by atoms with E-state index >= 15 is 0 Å². The maximum atomic E-state index is 4.01. The highest BCUT2D eigenvalue weighted by Crippen LogP contribution is 1.91. The van der Waals surface area contributed by atoms with Crippen molar-refractivity contribution < 1.29 is 0 Å². The molecule has 0 aliphatic heterocycles. The van der Waals surface area contributed by atoms with E-state index < -0.39 is 0 Å². The molecule has 1 aromatic heterocycles. The Morgan fingerprint density at radius 2 is 2.50 bits per heavy atom. The van der Waals surface area contributed by atoms with Crippen LogP contribution in [0.3, 0.4) is 0 Å². The molecule has 2 heteroatoms. The maximum absolute atomic E-state index is 4.01. The number of imidazole rings is 1. The quantitative estimate of drug-likeness (QED) is 0.535. The van der Waals surface area contributed by atoms with Gasteiger partial charge in [-0.3, -0.25) is 0 Å². The van der Waals surface area contributed by atoms with Crippen LogP contribution in [0.2, 0.25) is 0 Å². The molecule has 1 heterocycles. The van der Waals surface area contributed by atoms with Gasteiger partial charge in [0.1, 0.15) is 11.5 Å². The zero-order chi connectivity index (χ0) is 7.40. The molecule has 1 rings (SSSR count). The fraction of sp³-hybridized carbons (Fsp3) is 0.375. The Balaban J connectivity index is 2.76. The molecule has 0 bridgehead atoms. The number of nitrogens with zero attached hydrogens (tertiary/aromatic N) is 1. The number of H-pyrrole nitrogens is 1. The summed E-state index contributed by atoms with van der Waals surface area (Å²) in [7, 11) is 0. The first kappa shape index (κ1) is 6.88. The van der Waals surface area contributed by atoms with Crippen LogP contribution in [0, 0.1) is 18.8 Å². The van der Waals surface area contributed by atoms with Gasteiger partial charge in [-0.25, -0.2) is 4.98 Å². The second-order valence-electron chi connectivity index (χ2n) is 2.04. The summed E-state index contributed by atoms with van der Waals surface area (Å²) in [6.07, 6.45) is 2.63. The SMILES string of the molecule is CCC#Cc1cnc(C)[nH]1. The molecule has 2 nitrogen and oxygen atoms in total. The highest BCUT2D eigenvalue weighted by Gasteiger charge is 1.88. The Labute approximate surface area is 60.7 Å². The zero-order valence-electron chi connectivity index (χ0n) is 6.23. The molecule has 0 amide bonds. The summed E-state index contributed by atoms with van der Waals surface area (Å²) in [6, 6.07) is 0. The van der Waals surface area contributed by atoms with Crippen molar-refractivity contribution >= 4 is 0 Å². The van der Waals surface area contributed by atoms with Crippen LogP contribution >= 0.6 is 0 Å². The van der Waals surface area contributed by atoms with Gasteiger partial charge in [-0.05, 0) is 12.8 Å². The molecule has 52 valence electrons. The Morgan fingerprint density at radius 1 is 1.70 bits per heavy atom. The smallest absolute Gasteiger partial charge is 0.109 e. The van der Waals surface area contributed by atoms with E-state index in [0.717, 1.165) is 17.9 Å². The van der Waals surface area contributed by atoms with Crippen LogP contribution in [0.1, 0.15) is 24.9 Å². The molecule has 0 fully saturated rings. The lowest BCUT2D eigenvalue weighted by atomic mass is 10.4. The van der Waals surface area contributed by atoms with E-state index in [1.165, 1.54) is 0 Å². The molecule has 0 aliphatic carbocycles. The van der Waals surface area contributed by atoms with Crippen LogP contribution in [0.4, 0.5) is 0 Å². The van der Waals surface area contributed by atoms with Crippen LogP contribution in [-0.2, 0) is 0 Å². The number of aromatic amines is 1. The molecule has 1 aromatic rings. The fourth-order valence-corrected chi connectivity index (χ4v) is 0.668. The van der Waals surface area contributed by atoms with Crippen molar-refractivity contribution in [1.29, 1.82) is 0 Å². The molecule has 0 unspecified atom stereocenters. The maximum Gasteiger partial charge on any atom is 0.109 e. The molecule has 0 atom stereocenters. The summed E-state index contributed by atoms with van der Waals surface area (Å²) in [4.78, 5) is 7.04. The minimum absolute atomic E-state index is 0.887. The van der Waals surface area contributed by atoms with Gasteiger partial charge in [0.2, 0.25) is 0 Å². The Hall–Kier alpha value is -1.23. The zero-order valence-corrected chi connectivity index (χ0v) is 6.23. The number of nitrogens with one attached hydrogen (secondary N) is 1. The number of aromatic nitrogens is 2. The topological polar surface area (TPSA) is 28.7 Å². The third-order valence-corrected chi connectivity index (χ3v) is 1.10. The summed E-state index contributed by atoms with van der Waals surface area (Å²) in [6.45, 7) is 3.94. The van der Waals surface area contributed by atoms with E-state index in [9.17, 15) is 0 Å². The highest BCUT2D eigenvalue weighted by molar-refractivity contribution is 5.25. The van der Waals surface area contributed by atoms with E-state index in [0.29, 0.717) is 0 Å².